The second-order valence-electron chi connectivity index (χ2n) is 6.00. The average molecular weight is 429 g/mol. The molecule has 3 rings (SSSR count). The maximum Gasteiger partial charge on any atom is 0.277 e. The number of hydrogen-bond acceptors (Lipinski definition) is 4. The number of amides is 1. The maximum atomic E-state index is 11.8. The Morgan fingerprint density at radius 3 is 2.48 bits per heavy atom. The first-order chi connectivity index (χ1) is 14.1. The molecule has 1 N–H and O–H groups in total. The van der Waals surface area contributed by atoms with Crippen LogP contribution in [0.4, 0.5) is 0 Å². The van der Waals surface area contributed by atoms with Crippen LogP contribution in [0.1, 0.15) is 11.1 Å². The third-order valence-electron chi connectivity index (χ3n) is 3.78. The zero-order chi connectivity index (χ0) is 20.5. The van der Waals surface area contributed by atoms with E-state index in [-0.39, 0.29) is 6.61 Å². The lowest BCUT2D eigenvalue weighted by Gasteiger charge is -2.07. The molecule has 0 aliphatic rings. The Bertz CT molecular complexity index is 977. The molecule has 0 aliphatic heterocycles. The first-order valence-electron chi connectivity index (χ1n) is 8.77. The highest BCUT2D eigenvalue weighted by molar-refractivity contribution is 6.34. The molecule has 0 aliphatic carbocycles. The van der Waals surface area contributed by atoms with E-state index >= 15 is 0 Å². The Kier molecular flexibility index (Phi) is 7.50. The number of nitrogens with zero attached hydrogens (tertiary/aromatic N) is 1. The molecule has 0 fully saturated rings. The van der Waals surface area contributed by atoms with Crippen molar-refractivity contribution in [3.8, 4) is 11.5 Å². The lowest BCUT2D eigenvalue weighted by molar-refractivity contribution is -0.123. The quantitative estimate of drug-likeness (QED) is 0.400. The zero-order valence-electron chi connectivity index (χ0n) is 15.3. The number of hydrogen-bond donors (Lipinski definition) is 1. The fourth-order valence-corrected chi connectivity index (χ4v) is 2.67. The lowest BCUT2D eigenvalue weighted by atomic mass is 10.2. The summed E-state index contributed by atoms with van der Waals surface area (Å²) in [6.45, 7) is 0.268. The maximum absolute atomic E-state index is 11.8. The highest BCUT2D eigenvalue weighted by atomic mass is 35.5. The first kappa shape index (κ1) is 20.7. The van der Waals surface area contributed by atoms with Crippen LogP contribution in [0.25, 0.3) is 0 Å². The van der Waals surface area contributed by atoms with E-state index in [2.05, 4.69) is 10.5 Å². The Labute approximate surface area is 178 Å². The van der Waals surface area contributed by atoms with Crippen molar-refractivity contribution in [1.82, 2.24) is 5.43 Å². The molecule has 0 radical (unpaired) electrons. The highest BCUT2D eigenvalue weighted by Gasteiger charge is 2.06. The number of nitrogens with one attached hydrogen (secondary N) is 1. The van der Waals surface area contributed by atoms with E-state index in [9.17, 15) is 4.79 Å². The van der Waals surface area contributed by atoms with Crippen molar-refractivity contribution in [1.29, 1.82) is 0 Å². The molecule has 0 saturated carbocycles. The molecule has 29 heavy (non-hydrogen) atoms. The topological polar surface area (TPSA) is 59.9 Å². The Morgan fingerprint density at radius 1 is 0.966 bits per heavy atom. The Balaban J connectivity index is 1.43. The predicted octanol–water partition coefficient (Wildman–Crippen LogP) is 5.10. The molecule has 3 aromatic rings. The van der Waals surface area contributed by atoms with Crippen LogP contribution in [0, 0.1) is 0 Å². The molecule has 1 amide bonds. The molecule has 0 atom stereocenters. The van der Waals surface area contributed by atoms with E-state index in [1.165, 1.54) is 6.21 Å². The predicted molar refractivity (Wildman–Crippen MR) is 115 cm³/mol. The molecule has 0 spiro atoms. The van der Waals surface area contributed by atoms with Gasteiger partial charge in [-0.1, -0.05) is 53.5 Å². The van der Waals surface area contributed by atoms with Gasteiger partial charge in [-0.05, 0) is 47.5 Å². The summed E-state index contributed by atoms with van der Waals surface area (Å²) in [5, 5.41) is 4.76. The SMILES string of the molecule is O=C(COc1cc(Cl)ccc1Cl)N/N=C/c1ccc(OCc2ccccc2)cc1. The number of halogens is 2. The van der Waals surface area contributed by atoms with Gasteiger partial charge >= 0.3 is 0 Å². The molecular weight excluding hydrogens is 411 g/mol. The number of carbonyl (C=O) groups excluding carboxylic acids is 1. The summed E-state index contributed by atoms with van der Waals surface area (Å²) in [6.07, 6.45) is 1.53. The second-order valence-corrected chi connectivity index (χ2v) is 6.84. The van der Waals surface area contributed by atoms with Gasteiger partial charge in [0.2, 0.25) is 0 Å². The molecule has 0 saturated heterocycles. The van der Waals surface area contributed by atoms with Crippen molar-refractivity contribution >= 4 is 35.3 Å². The van der Waals surface area contributed by atoms with E-state index in [0.29, 0.717) is 22.4 Å². The van der Waals surface area contributed by atoms with Crippen molar-refractivity contribution < 1.29 is 14.3 Å². The van der Waals surface area contributed by atoms with E-state index in [1.807, 2.05) is 54.6 Å². The Hall–Kier alpha value is -3.02. The molecule has 148 valence electrons. The summed E-state index contributed by atoms with van der Waals surface area (Å²) in [4.78, 5) is 11.8. The summed E-state index contributed by atoms with van der Waals surface area (Å²) >= 11 is 11.9. The van der Waals surface area contributed by atoms with E-state index in [0.717, 1.165) is 16.9 Å². The fourth-order valence-electron chi connectivity index (χ4n) is 2.33. The van der Waals surface area contributed by atoms with Gasteiger partial charge in [0.25, 0.3) is 5.91 Å². The van der Waals surface area contributed by atoms with Crippen molar-refractivity contribution in [2.75, 3.05) is 6.61 Å². The molecule has 0 aromatic heterocycles. The van der Waals surface area contributed by atoms with Crippen LogP contribution in [0.15, 0.2) is 77.9 Å². The number of benzene rings is 3. The molecule has 0 heterocycles. The van der Waals surface area contributed by atoms with Crippen molar-refractivity contribution in [2.45, 2.75) is 6.61 Å². The van der Waals surface area contributed by atoms with Crippen LogP contribution in [0.5, 0.6) is 11.5 Å². The van der Waals surface area contributed by atoms with Crippen molar-refractivity contribution in [2.24, 2.45) is 5.10 Å². The number of ether oxygens (including phenoxy) is 2. The smallest absolute Gasteiger partial charge is 0.277 e. The van der Waals surface area contributed by atoms with Gasteiger partial charge in [-0.2, -0.15) is 5.10 Å². The molecule has 0 unspecified atom stereocenters. The molecule has 0 bridgehead atoms. The molecule has 7 heteroatoms. The first-order valence-corrected chi connectivity index (χ1v) is 9.52. The third-order valence-corrected chi connectivity index (χ3v) is 4.33. The largest absolute Gasteiger partial charge is 0.489 e. The molecule has 5 nitrogen and oxygen atoms in total. The van der Waals surface area contributed by atoms with Crippen molar-refractivity contribution in [3.63, 3.8) is 0 Å². The van der Waals surface area contributed by atoms with Gasteiger partial charge in [0, 0.05) is 11.1 Å². The van der Waals surface area contributed by atoms with Crippen LogP contribution in [-0.4, -0.2) is 18.7 Å². The highest BCUT2D eigenvalue weighted by Crippen LogP contribution is 2.27. The number of rotatable bonds is 8. The zero-order valence-corrected chi connectivity index (χ0v) is 16.9. The fraction of sp³-hybridized carbons (Fsp3) is 0.0909. The summed E-state index contributed by atoms with van der Waals surface area (Å²) < 4.78 is 11.1. The summed E-state index contributed by atoms with van der Waals surface area (Å²) in [5.74, 6) is 0.673. The third kappa shape index (κ3) is 6.82. The van der Waals surface area contributed by atoms with Crippen LogP contribution < -0.4 is 14.9 Å². The van der Waals surface area contributed by atoms with Gasteiger partial charge in [0.1, 0.15) is 18.1 Å². The van der Waals surface area contributed by atoms with Crippen LogP contribution in [0.2, 0.25) is 10.0 Å². The summed E-state index contributed by atoms with van der Waals surface area (Å²) in [7, 11) is 0. The number of hydrazone groups is 1. The standard InChI is InChI=1S/C22H18Cl2N2O3/c23-18-8-11-20(24)21(12-18)29-15-22(27)26-25-13-16-6-9-19(10-7-16)28-14-17-4-2-1-3-5-17/h1-13H,14-15H2,(H,26,27)/b25-13+. The van der Waals surface area contributed by atoms with Crippen molar-refractivity contribution in [3.05, 3.63) is 94.0 Å². The lowest BCUT2D eigenvalue weighted by Crippen LogP contribution is -2.24. The van der Waals surface area contributed by atoms with Crippen LogP contribution in [0.3, 0.4) is 0 Å². The minimum absolute atomic E-state index is 0.232. The van der Waals surface area contributed by atoms with Crippen LogP contribution in [-0.2, 0) is 11.4 Å². The van der Waals surface area contributed by atoms with Gasteiger partial charge in [-0.15, -0.1) is 0 Å². The summed E-state index contributed by atoms with van der Waals surface area (Å²) in [5.41, 5.74) is 4.31. The van der Waals surface area contributed by atoms with Gasteiger partial charge < -0.3 is 9.47 Å². The normalized spacial score (nSPS) is 10.7. The van der Waals surface area contributed by atoms with E-state index in [1.54, 1.807) is 18.2 Å². The van der Waals surface area contributed by atoms with E-state index < -0.39 is 5.91 Å². The monoisotopic (exact) mass is 428 g/mol. The van der Waals surface area contributed by atoms with Gasteiger partial charge in [0.05, 0.1) is 11.2 Å². The summed E-state index contributed by atoms with van der Waals surface area (Å²) in [6, 6.07) is 22.1. The van der Waals surface area contributed by atoms with E-state index in [4.69, 9.17) is 32.7 Å². The second kappa shape index (κ2) is 10.5. The molecule has 3 aromatic carbocycles. The minimum atomic E-state index is -0.417. The van der Waals surface area contributed by atoms with Gasteiger partial charge in [0.15, 0.2) is 6.61 Å². The van der Waals surface area contributed by atoms with Crippen LogP contribution >= 0.6 is 23.2 Å². The number of carbonyl (C=O) groups is 1. The average Bonchev–Trinajstić information content (AvgIpc) is 2.74. The van der Waals surface area contributed by atoms with Gasteiger partial charge in [-0.25, -0.2) is 5.43 Å². The molecular formula is C22H18Cl2N2O3. The minimum Gasteiger partial charge on any atom is -0.489 e. The Morgan fingerprint density at radius 2 is 1.72 bits per heavy atom. The van der Waals surface area contributed by atoms with Gasteiger partial charge in [-0.3, -0.25) is 4.79 Å².